The summed E-state index contributed by atoms with van der Waals surface area (Å²) in [6.45, 7) is 0.710. The number of carbonyl (C=O) groups excluding carboxylic acids is 3. The van der Waals surface area contributed by atoms with Gasteiger partial charge in [-0.1, -0.05) is 25.0 Å². The number of rotatable bonds is 7. The van der Waals surface area contributed by atoms with E-state index in [0.29, 0.717) is 6.54 Å². The number of imide groups is 1. The lowest BCUT2D eigenvalue weighted by atomic mass is 9.81. The van der Waals surface area contributed by atoms with Crippen molar-refractivity contribution in [3.05, 3.63) is 48.3 Å². The van der Waals surface area contributed by atoms with E-state index >= 15 is 0 Å². The molecule has 1 saturated carbocycles. The first-order chi connectivity index (χ1) is 14.1. The lowest BCUT2D eigenvalue weighted by molar-refractivity contribution is -0.140. The number of amides is 3. The average Bonchev–Trinajstić information content (AvgIpc) is 3.36. The molecule has 1 saturated heterocycles. The molecule has 4 rings (SSSR count). The van der Waals surface area contributed by atoms with E-state index in [-0.39, 0.29) is 42.5 Å². The first-order valence-electron chi connectivity index (χ1n) is 10.3. The van der Waals surface area contributed by atoms with E-state index in [4.69, 9.17) is 0 Å². The Balaban J connectivity index is 1.20. The highest BCUT2D eigenvalue weighted by atomic mass is 16.2. The zero-order valence-corrected chi connectivity index (χ0v) is 16.4. The Morgan fingerprint density at radius 1 is 1.07 bits per heavy atom. The molecule has 7 nitrogen and oxygen atoms in total. The molecule has 2 atom stereocenters. The monoisotopic (exact) mass is 394 g/mol. The van der Waals surface area contributed by atoms with Gasteiger partial charge >= 0.3 is 0 Å². The van der Waals surface area contributed by atoms with Crippen LogP contribution in [0.5, 0.6) is 0 Å². The Bertz CT molecular complexity index is 852. The van der Waals surface area contributed by atoms with Crippen molar-refractivity contribution in [2.24, 2.45) is 11.8 Å². The molecule has 1 aliphatic heterocycles. The number of nitrogens with zero attached hydrogens (tertiary/aromatic N) is 3. The highest BCUT2D eigenvalue weighted by molar-refractivity contribution is 6.05. The number of hydrogen-bond donors (Lipinski definition) is 1. The van der Waals surface area contributed by atoms with E-state index < -0.39 is 0 Å². The molecule has 0 radical (unpaired) electrons. The third kappa shape index (κ3) is 4.23. The normalized spacial score (nSPS) is 21.3. The van der Waals surface area contributed by atoms with Crippen LogP contribution in [-0.4, -0.2) is 45.5 Å². The summed E-state index contributed by atoms with van der Waals surface area (Å²) in [6.07, 6.45) is 8.13. The third-order valence-corrected chi connectivity index (χ3v) is 5.94. The number of aromatic nitrogens is 2. The second-order valence-electron chi connectivity index (χ2n) is 7.79. The average molecular weight is 394 g/mol. The summed E-state index contributed by atoms with van der Waals surface area (Å²) in [6, 6.07) is 9.90. The largest absolute Gasteiger partial charge is 0.356 e. The van der Waals surface area contributed by atoms with Crippen molar-refractivity contribution in [2.45, 2.75) is 38.5 Å². The van der Waals surface area contributed by atoms with Crippen LogP contribution < -0.4 is 5.32 Å². The number of nitrogens with one attached hydrogen (secondary N) is 1. The number of likely N-dealkylation sites (tertiary alicyclic amines) is 1. The van der Waals surface area contributed by atoms with Crippen LogP contribution in [0, 0.1) is 11.8 Å². The summed E-state index contributed by atoms with van der Waals surface area (Å²) < 4.78 is 1.79. The van der Waals surface area contributed by atoms with Gasteiger partial charge in [-0.05, 0) is 43.0 Å². The van der Waals surface area contributed by atoms with E-state index in [0.717, 1.165) is 43.4 Å². The van der Waals surface area contributed by atoms with Gasteiger partial charge in [0, 0.05) is 31.9 Å². The highest BCUT2D eigenvalue weighted by Gasteiger charge is 2.47. The molecule has 2 fully saturated rings. The Kier molecular flexibility index (Phi) is 5.74. The van der Waals surface area contributed by atoms with Gasteiger partial charge in [0.15, 0.2) is 0 Å². The van der Waals surface area contributed by atoms with Crippen LogP contribution in [0.25, 0.3) is 5.69 Å². The van der Waals surface area contributed by atoms with E-state index in [1.807, 2.05) is 36.5 Å². The zero-order valence-electron chi connectivity index (χ0n) is 16.4. The van der Waals surface area contributed by atoms with Crippen LogP contribution in [0.2, 0.25) is 0 Å². The SMILES string of the molecule is O=C(CCN1C(=O)C2CCCCC2C1=O)NCCc1ccc(-n2cccn2)cc1. The summed E-state index contributed by atoms with van der Waals surface area (Å²) in [4.78, 5) is 38.4. The van der Waals surface area contributed by atoms with Crippen LogP contribution in [0.1, 0.15) is 37.7 Å². The number of benzene rings is 1. The van der Waals surface area contributed by atoms with Crippen LogP contribution in [0.3, 0.4) is 0 Å². The minimum atomic E-state index is -0.149. The van der Waals surface area contributed by atoms with Gasteiger partial charge in [0.25, 0.3) is 0 Å². The maximum Gasteiger partial charge on any atom is 0.233 e. The summed E-state index contributed by atoms with van der Waals surface area (Å²) in [5.41, 5.74) is 2.11. The molecule has 0 bridgehead atoms. The third-order valence-electron chi connectivity index (χ3n) is 5.94. The summed E-state index contributed by atoms with van der Waals surface area (Å²) in [5.74, 6) is -0.587. The van der Waals surface area contributed by atoms with Gasteiger partial charge < -0.3 is 5.32 Å². The maximum absolute atomic E-state index is 12.4. The molecule has 2 aliphatic rings. The maximum atomic E-state index is 12.4. The fourth-order valence-electron chi connectivity index (χ4n) is 4.34. The van der Waals surface area contributed by atoms with Gasteiger partial charge in [0.2, 0.25) is 17.7 Å². The summed E-state index contributed by atoms with van der Waals surface area (Å²) in [7, 11) is 0. The number of hydrogen-bond acceptors (Lipinski definition) is 4. The van der Waals surface area contributed by atoms with Crippen molar-refractivity contribution in [3.8, 4) is 5.69 Å². The molecule has 152 valence electrons. The molecule has 1 aromatic heterocycles. The summed E-state index contributed by atoms with van der Waals surface area (Å²) in [5, 5.41) is 7.08. The second kappa shape index (κ2) is 8.59. The van der Waals surface area contributed by atoms with Crippen molar-refractivity contribution in [1.82, 2.24) is 20.0 Å². The van der Waals surface area contributed by atoms with Gasteiger partial charge in [-0.2, -0.15) is 5.10 Å². The zero-order chi connectivity index (χ0) is 20.2. The molecule has 1 N–H and O–H groups in total. The predicted octanol–water partition coefficient (Wildman–Crippen LogP) is 2.10. The predicted molar refractivity (Wildman–Crippen MR) is 107 cm³/mol. The number of fused-ring (bicyclic) bond motifs is 1. The van der Waals surface area contributed by atoms with Crippen molar-refractivity contribution in [2.75, 3.05) is 13.1 Å². The molecule has 7 heteroatoms. The fourth-order valence-corrected chi connectivity index (χ4v) is 4.34. The lowest BCUT2D eigenvalue weighted by Crippen LogP contribution is -2.35. The van der Waals surface area contributed by atoms with Gasteiger partial charge in [0.05, 0.1) is 17.5 Å². The first-order valence-corrected chi connectivity index (χ1v) is 10.3. The van der Waals surface area contributed by atoms with Crippen molar-refractivity contribution < 1.29 is 14.4 Å². The van der Waals surface area contributed by atoms with E-state index in [9.17, 15) is 14.4 Å². The van der Waals surface area contributed by atoms with Crippen LogP contribution >= 0.6 is 0 Å². The standard InChI is InChI=1S/C22H26N4O3/c27-20(11-15-25-21(28)18-4-1-2-5-19(18)22(25)29)23-13-10-16-6-8-17(9-7-16)26-14-3-12-24-26/h3,6-9,12,14,18-19H,1-2,4-5,10-11,13,15H2,(H,23,27). The van der Waals surface area contributed by atoms with E-state index in [1.54, 1.807) is 10.9 Å². The van der Waals surface area contributed by atoms with Crippen molar-refractivity contribution in [3.63, 3.8) is 0 Å². The molecule has 1 aliphatic carbocycles. The minimum Gasteiger partial charge on any atom is -0.356 e. The van der Waals surface area contributed by atoms with Crippen LogP contribution in [0.4, 0.5) is 0 Å². The lowest BCUT2D eigenvalue weighted by Gasteiger charge is -2.19. The van der Waals surface area contributed by atoms with Crippen LogP contribution in [-0.2, 0) is 20.8 Å². The van der Waals surface area contributed by atoms with Gasteiger partial charge in [0.1, 0.15) is 0 Å². The fraction of sp³-hybridized carbons (Fsp3) is 0.455. The minimum absolute atomic E-state index is 0.0789. The van der Waals surface area contributed by atoms with Gasteiger partial charge in [-0.25, -0.2) is 4.68 Å². The first kappa shape index (κ1) is 19.4. The molecule has 2 heterocycles. The smallest absolute Gasteiger partial charge is 0.233 e. The topological polar surface area (TPSA) is 84.3 Å². The Hall–Kier alpha value is -2.96. The molecule has 1 aromatic carbocycles. The second-order valence-corrected chi connectivity index (χ2v) is 7.79. The molecular formula is C22H26N4O3. The Morgan fingerprint density at radius 3 is 2.38 bits per heavy atom. The van der Waals surface area contributed by atoms with Gasteiger partial charge in [-0.3, -0.25) is 19.3 Å². The Morgan fingerprint density at radius 2 is 1.76 bits per heavy atom. The van der Waals surface area contributed by atoms with Gasteiger partial charge in [-0.15, -0.1) is 0 Å². The quantitative estimate of drug-likeness (QED) is 0.729. The molecule has 3 amide bonds. The Labute approximate surface area is 170 Å². The number of carbonyl (C=O) groups is 3. The van der Waals surface area contributed by atoms with Crippen LogP contribution in [0.15, 0.2) is 42.7 Å². The molecule has 29 heavy (non-hydrogen) atoms. The van der Waals surface area contributed by atoms with E-state index in [1.165, 1.54) is 4.90 Å². The van der Waals surface area contributed by atoms with Crippen molar-refractivity contribution >= 4 is 17.7 Å². The molecule has 2 unspecified atom stereocenters. The molecule has 0 spiro atoms. The van der Waals surface area contributed by atoms with Crippen molar-refractivity contribution in [1.29, 1.82) is 0 Å². The van der Waals surface area contributed by atoms with E-state index in [2.05, 4.69) is 10.4 Å². The molecular weight excluding hydrogens is 368 g/mol. The summed E-state index contributed by atoms with van der Waals surface area (Å²) >= 11 is 0. The molecule has 2 aromatic rings. The highest BCUT2D eigenvalue weighted by Crippen LogP contribution is 2.37.